The number of unbranched alkanes of at least 4 members (excludes halogenated alkanes) is 5. The van der Waals surface area contributed by atoms with E-state index >= 15 is 0 Å². The highest BCUT2D eigenvalue weighted by Crippen LogP contribution is 2.31. The lowest BCUT2D eigenvalue weighted by atomic mass is 10.0. The van der Waals surface area contributed by atoms with E-state index in [9.17, 15) is 24.3 Å². The molecule has 0 fully saturated rings. The Hall–Kier alpha value is -3.34. The first-order valence-electron chi connectivity index (χ1n) is 13.7. The molecule has 1 unspecified atom stereocenters. The molecule has 39 heavy (non-hydrogen) atoms. The summed E-state index contributed by atoms with van der Waals surface area (Å²) in [7, 11) is 0. The van der Waals surface area contributed by atoms with Gasteiger partial charge in [-0.2, -0.15) is 0 Å². The number of hydrogen-bond acceptors (Lipinski definition) is 8. The number of fused-ring (bicyclic) bond motifs is 1. The number of alkyl carbamates (subject to hydrolysis) is 1. The summed E-state index contributed by atoms with van der Waals surface area (Å²) in [5, 5.41) is 15.2. The van der Waals surface area contributed by atoms with E-state index in [-0.39, 0.29) is 13.2 Å². The number of carbonyl (C=O) groups is 4. The average Bonchev–Trinajstić information content (AvgIpc) is 2.98. The van der Waals surface area contributed by atoms with Crippen molar-refractivity contribution < 1.29 is 38.5 Å². The molecule has 0 aliphatic carbocycles. The summed E-state index contributed by atoms with van der Waals surface area (Å²) in [4.78, 5) is 50.3. The molecule has 2 atom stereocenters. The van der Waals surface area contributed by atoms with Gasteiger partial charge in [-0.3, -0.25) is 24.6 Å². The molecule has 1 aliphatic rings. The number of benzene rings is 1. The second kappa shape index (κ2) is 15.9. The lowest BCUT2D eigenvalue weighted by molar-refractivity contribution is -0.146. The van der Waals surface area contributed by atoms with Crippen LogP contribution in [-0.2, 0) is 23.9 Å². The van der Waals surface area contributed by atoms with Gasteiger partial charge in [-0.25, -0.2) is 4.79 Å². The fourth-order valence-electron chi connectivity index (χ4n) is 4.21. The second-order valence-electron chi connectivity index (χ2n) is 10.5. The standard InChI is InChI=1S/C28H43N3O8/c1-5-37-26(35)20(14-10-8-6-7-9-13-17-29-27(36)39-28(2,3)4)30-21-19-38-23-16-12-11-15-22(23)31(25(21)34)18-24(32)33/h11-12,15-16,20-21,30H,5-10,13-14,17-19H2,1-4H3,(H,29,36)(H,32,33)/t20-,21?/m0/s1. The minimum atomic E-state index is -1.15. The van der Waals surface area contributed by atoms with Crippen molar-refractivity contribution in [2.75, 3.05) is 31.2 Å². The van der Waals surface area contributed by atoms with Gasteiger partial charge >= 0.3 is 18.0 Å². The van der Waals surface area contributed by atoms with E-state index < -0.39 is 48.2 Å². The van der Waals surface area contributed by atoms with Crippen molar-refractivity contribution in [3.8, 4) is 5.75 Å². The molecule has 1 aliphatic heterocycles. The van der Waals surface area contributed by atoms with E-state index in [4.69, 9.17) is 14.2 Å². The molecule has 0 spiro atoms. The largest absolute Gasteiger partial charge is 0.489 e. The van der Waals surface area contributed by atoms with E-state index in [0.29, 0.717) is 24.4 Å². The fraction of sp³-hybridized carbons (Fsp3) is 0.643. The van der Waals surface area contributed by atoms with Crippen LogP contribution >= 0.6 is 0 Å². The SMILES string of the molecule is CCOC(=O)[C@H](CCCCCCCCNC(=O)OC(C)(C)C)NC1COc2ccccc2N(CC(=O)O)C1=O. The Balaban J connectivity index is 1.83. The number of para-hydroxylation sites is 2. The molecule has 11 nitrogen and oxygen atoms in total. The van der Waals surface area contributed by atoms with Crippen LogP contribution in [0.4, 0.5) is 10.5 Å². The van der Waals surface area contributed by atoms with E-state index in [1.165, 1.54) is 4.90 Å². The van der Waals surface area contributed by atoms with E-state index in [0.717, 1.165) is 38.5 Å². The number of hydrogen-bond donors (Lipinski definition) is 3. The van der Waals surface area contributed by atoms with Crippen molar-refractivity contribution in [3.63, 3.8) is 0 Å². The summed E-state index contributed by atoms with van der Waals surface area (Å²) >= 11 is 0. The van der Waals surface area contributed by atoms with E-state index in [1.807, 2.05) is 20.8 Å². The summed E-state index contributed by atoms with van der Waals surface area (Å²) in [6.07, 6.45) is 5.46. The van der Waals surface area contributed by atoms with Gasteiger partial charge in [0.1, 0.15) is 36.6 Å². The molecule has 0 bridgehead atoms. The maximum atomic E-state index is 13.3. The minimum absolute atomic E-state index is 0.0425. The number of carboxylic acid groups (broad SMARTS) is 1. The average molecular weight is 550 g/mol. The first-order chi connectivity index (χ1) is 18.5. The van der Waals surface area contributed by atoms with E-state index in [1.54, 1.807) is 31.2 Å². The van der Waals surface area contributed by atoms with Crippen LogP contribution in [-0.4, -0.2) is 73.0 Å². The number of carbonyl (C=O) groups excluding carboxylic acids is 3. The molecule has 1 heterocycles. The molecule has 0 saturated heterocycles. The zero-order valence-electron chi connectivity index (χ0n) is 23.5. The number of amides is 2. The maximum absolute atomic E-state index is 13.3. The lowest BCUT2D eigenvalue weighted by Gasteiger charge is -2.26. The van der Waals surface area contributed by atoms with Crippen molar-refractivity contribution in [1.29, 1.82) is 0 Å². The molecular weight excluding hydrogens is 506 g/mol. The lowest BCUT2D eigenvalue weighted by Crippen LogP contribution is -2.54. The monoisotopic (exact) mass is 549 g/mol. The molecular formula is C28H43N3O8. The molecule has 0 radical (unpaired) electrons. The van der Waals surface area contributed by atoms with Crippen LogP contribution in [0.5, 0.6) is 5.75 Å². The van der Waals surface area contributed by atoms with Gasteiger partial charge in [-0.15, -0.1) is 0 Å². The first-order valence-corrected chi connectivity index (χ1v) is 13.7. The fourth-order valence-corrected chi connectivity index (χ4v) is 4.21. The maximum Gasteiger partial charge on any atom is 0.407 e. The number of ether oxygens (including phenoxy) is 3. The molecule has 1 aromatic carbocycles. The molecule has 0 aromatic heterocycles. The van der Waals surface area contributed by atoms with Crippen LogP contribution in [0.1, 0.15) is 72.6 Å². The summed E-state index contributed by atoms with van der Waals surface area (Å²) in [6, 6.07) is 5.12. The van der Waals surface area contributed by atoms with Crippen LogP contribution < -0.4 is 20.3 Å². The molecule has 11 heteroatoms. The van der Waals surface area contributed by atoms with Gasteiger partial charge in [0.25, 0.3) is 0 Å². The smallest absolute Gasteiger partial charge is 0.407 e. The zero-order valence-corrected chi connectivity index (χ0v) is 23.5. The van der Waals surface area contributed by atoms with Crippen molar-refractivity contribution in [2.45, 2.75) is 90.3 Å². The topological polar surface area (TPSA) is 144 Å². The normalized spacial score (nSPS) is 15.9. The Labute approximate surface area is 230 Å². The van der Waals surface area contributed by atoms with Crippen molar-refractivity contribution in [1.82, 2.24) is 10.6 Å². The number of nitrogens with one attached hydrogen (secondary N) is 2. The van der Waals surface area contributed by atoms with Crippen LogP contribution in [0.15, 0.2) is 24.3 Å². The van der Waals surface area contributed by atoms with Crippen molar-refractivity contribution in [2.24, 2.45) is 0 Å². The summed E-state index contributed by atoms with van der Waals surface area (Å²) in [5.41, 5.74) is -0.136. The van der Waals surface area contributed by atoms with Gasteiger partial charge < -0.3 is 24.6 Å². The Morgan fingerprint density at radius 1 is 1.10 bits per heavy atom. The summed E-state index contributed by atoms with van der Waals surface area (Å²) in [5.74, 6) is -1.67. The number of anilines is 1. The number of aliphatic carboxylic acids is 1. The highest BCUT2D eigenvalue weighted by Gasteiger charge is 2.35. The molecule has 2 amide bonds. The predicted octanol–water partition coefficient (Wildman–Crippen LogP) is 3.64. The Morgan fingerprint density at radius 2 is 1.77 bits per heavy atom. The quantitative estimate of drug-likeness (QED) is 0.221. The highest BCUT2D eigenvalue weighted by atomic mass is 16.6. The Morgan fingerprint density at radius 3 is 2.44 bits per heavy atom. The Bertz CT molecular complexity index is 962. The van der Waals surface area contributed by atoms with Gasteiger partial charge in [0.2, 0.25) is 5.91 Å². The zero-order chi connectivity index (χ0) is 28.8. The van der Waals surface area contributed by atoms with Crippen LogP contribution in [0, 0.1) is 0 Å². The second-order valence-corrected chi connectivity index (χ2v) is 10.5. The van der Waals surface area contributed by atoms with Gasteiger partial charge in [0.05, 0.1) is 12.3 Å². The third kappa shape index (κ3) is 11.5. The van der Waals surface area contributed by atoms with Crippen LogP contribution in [0.25, 0.3) is 0 Å². The van der Waals surface area contributed by atoms with Crippen LogP contribution in [0.2, 0.25) is 0 Å². The third-order valence-corrected chi connectivity index (χ3v) is 5.98. The summed E-state index contributed by atoms with van der Waals surface area (Å²) < 4.78 is 16.3. The Kier molecular flexibility index (Phi) is 13.0. The van der Waals surface area contributed by atoms with Crippen molar-refractivity contribution in [3.05, 3.63) is 24.3 Å². The van der Waals surface area contributed by atoms with Gasteiger partial charge in [-0.05, 0) is 52.7 Å². The third-order valence-electron chi connectivity index (χ3n) is 5.98. The minimum Gasteiger partial charge on any atom is -0.489 e. The molecule has 2 rings (SSSR count). The summed E-state index contributed by atoms with van der Waals surface area (Å²) in [6.45, 7) is 7.40. The van der Waals surface area contributed by atoms with Gasteiger partial charge in [0.15, 0.2) is 0 Å². The number of esters is 1. The molecule has 0 saturated carbocycles. The van der Waals surface area contributed by atoms with Crippen LogP contribution in [0.3, 0.4) is 0 Å². The van der Waals surface area contributed by atoms with Gasteiger partial charge in [0, 0.05) is 6.54 Å². The van der Waals surface area contributed by atoms with Crippen molar-refractivity contribution >= 4 is 29.6 Å². The predicted molar refractivity (Wildman–Crippen MR) is 146 cm³/mol. The number of rotatable bonds is 15. The number of carboxylic acids is 1. The van der Waals surface area contributed by atoms with Gasteiger partial charge in [-0.1, -0.05) is 44.2 Å². The number of nitrogens with zero attached hydrogens (tertiary/aromatic N) is 1. The molecule has 1 aromatic rings. The molecule has 3 N–H and O–H groups in total. The molecule has 218 valence electrons. The first kappa shape index (κ1) is 31.9. The van der Waals surface area contributed by atoms with E-state index in [2.05, 4.69) is 10.6 Å². The highest BCUT2D eigenvalue weighted by molar-refractivity contribution is 6.02.